The number of fused-ring (bicyclic) bond motifs is 1. The molecule has 1 fully saturated rings. The first-order chi connectivity index (χ1) is 11.7. The molecular weight excluding hydrogens is 300 g/mol. The zero-order valence-electron chi connectivity index (χ0n) is 14.8. The third-order valence-corrected chi connectivity index (χ3v) is 4.83. The number of aryl methyl sites for hydroxylation is 1. The zero-order chi connectivity index (χ0) is 16.9. The number of carbonyl (C=O) groups excluding carboxylic acids is 1. The summed E-state index contributed by atoms with van der Waals surface area (Å²) in [5, 5.41) is 3.14. The van der Waals surface area contributed by atoms with Crippen molar-refractivity contribution in [1.82, 2.24) is 20.2 Å². The fraction of sp³-hybridized carbons (Fsp3) is 0.579. The Balaban J connectivity index is 1.59. The van der Waals surface area contributed by atoms with E-state index in [9.17, 15) is 4.79 Å². The van der Waals surface area contributed by atoms with Crippen molar-refractivity contribution in [3.8, 4) is 0 Å². The molecular formula is C19H28N4O. The van der Waals surface area contributed by atoms with Crippen LogP contribution in [0.4, 0.5) is 0 Å². The molecule has 1 saturated heterocycles. The lowest BCUT2D eigenvalue weighted by atomic mass is 10.1. The molecule has 1 atom stereocenters. The number of aromatic amines is 1. The highest BCUT2D eigenvalue weighted by atomic mass is 16.1. The fourth-order valence-corrected chi connectivity index (χ4v) is 3.38. The summed E-state index contributed by atoms with van der Waals surface area (Å²) in [4.78, 5) is 22.7. The summed E-state index contributed by atoms with van der Waals surface area (Å²) >= 11 is 0. The van der Waals surface area contributed by atoms with Gasteiger partial charge in [-0.15, -0.1) is 0 Å². The molecule has 0 saturated carbocycles. The third kappa shape index (κ3) is 4.15. The minimum absolute atomic E-state index is 0.0495. The Morgan fingerprint density at radius 3 is 2.88 bits per heavy atom. The minimum atomic E-state index is -0.0495. The molecule has 1 aliphatic heterocycles. The van der Waals surface area contributed by atoms with E-state index in [1.54, 1.807) is 0 Å². The number of nitrogens with zero attached hydrogens (tertiary/aromatic N) is 2. The van der Waals surface area contributed by atoms with Crippen molar-refractivity contribution >= 4 is 16.9 Å². The first-order valence-corrected chi connectivity index (χ1v) is 9.13. The van der Waals surface area contributed by atoms with E-state index in [0.29, 0.717) is 6.42 Å². The average Bonchev–Trinajstić information content (AvgIpc) is 3.01. The maximum absolute atomic E-state index is 12.3. The Morgan fingerprint density at radius 1 is 1.33 bits per heavy atom. The highest BCUT2D eigenvalue weighted by Crippen LogP contribution is 2.19. The summed E-state index contributed by atoms with van der Waals surface area (Å²) in [5.41, 5.74) is 3.19. The number of carbonyl (C=O) groups is 1. The summed E-state index contributed by atoms with van der Waals surface area (Å²) in [6, 6.07) is 6.13. The van der Waals surface area contributed by atoms with Gasteiger partial charge >= 0.3 is 0 Å². The molecule has 1 unspecified atom stereocenters. The number of imidazole rings is 1. The van der Waals surface area contributed by atoms with Crippen LogP contribution >= 0.6 is 0 Å². The van der Waals surface area contributed by atoms with Gasteiger partial charge in [0.25, 0.3) is 0 Å². The van der Waals surface area contributed by atoms with Gasteiger partial charge in [-0.2, -0.15) is 0 Å². The molecule has 5 heteroatoms. The van der Waals surface area contributed by atoms with E-state index in [1.807, 2.05) is 6.07 Å². The molecule has 0 radical (unpaired) electrons. The maximum atomic E-state index is 12.3. The SMILES string of the molecule is CCC(NC(=O)CCN1CCCCC1)c1nc2ccc(C)cc2[nH]1. The van der Waals surface area contributed by atoms with Crippen molar-refractivity contribution in [2.75, 3.05) is 19.6 Å². The predicted octanol–water partition coefficient (Wildman–Crippen LogP) is 3.31. The summed E-state index contributed by atoms with van der Waals surface area (Å²) in [5.74, 6) is 0.966. The summed E-state index contributed by atoms with van der Waals surface area (Å²) in [6.07, 6.45) is 5.24. The lowest BCUT2D eigenvalue weighted by Crippen LogP contribution is -2.35. The van der Waals surface area contributed by atoms with Gasteiger partial charge < -0.3 is 15.2 Å². The second-order valence-corrected chi connectivity index (χ2v) is 6.82. The topological polar surface area (TPSA) is 61.0 Å². The molecule has 1 aromatic heterocycles. The lowest BCUT2D eigenvalue weighted by molar-refractivity contribution is -0.122. The van der Waals surface area contributed by atoms with Crippen molar-refractivity contribution in [3.63, 3.8) is 0 Å². The smallest absolute Gasteiger partial charge is 0.221 e. The highest BCUT2D eigenvalue weighted by Gasteiger charge is 2.18. The van der Waals surface area contributed by atoms with Crippen LogP contribution in [0.2, 0.25) is 0 Å². The number of aromatic nitrogens is 2. The molecule has 0 bridgehead atoms. The van der Waals surface area contributed by atoms with Crippen LogP contribution in [0, 0.1) is 6.92 Å². The molecule has 3 rings (SSSR count). The van der Waals surface area contributed by atoms with E-state index in [1.165, 1.54) is 24.8 Å². The van der Waals surface area contributed by atoms with E-state index in [0.717, 1.165) is 42.9 Å². The van der Waals surface area contributed by atoms with Crippen molar-refractivity contribution in [1.29, 1.82) is 0 Å². The van der Waals surface area contributed by atoms with Gasteiger partial charge in [-0.1, -0.05) is 19.4 Å². The number of hydrogen-bond donors (Lipinski definition) is 2. The van der Waals surface area contributed by atoms with Crippen LogP contribution in [0.1, 0.15) is 56.5 Å². The van der Waals surface area contributed by atoms with E-state index in [4.69, 9.17) is 0 Å². The third-order valence-electron chi connectivity index (χ3n) is 4.83. The molecule has 1 aromatic carbocycles. The molecule has 0 aliphatic carbocycles. The fourth-order valence-electron chi connectivity index (χ4n) is 3.38. The number of rotatable bonds is 6. The van der Waals surface area contributed by atoms with Crippen molar-refractivity contribution in [3.05, 3.63) is 29.6 Å². The van der Waals surface area contributed by atoms with E-state index < -0.39 is 0 Å². The second-order valence-electron chi connectivity index (χ2n) is 6.82. The van der Waals surface area contributed by atoms with E-state index in [-0.39, 0.29) is 11.9 Å². The van der Waals surface area contributed by atoms with Gasteiger partial charge in [0.1, 0.15) is 5.82 Å². The van der Waals surface area contributed by atoms with Crippen LogP contribution in [0.3, 0.4) is 0 Å². The number of nitrogens with one attached hydrogen (secondary N) is 2. The monoisotopic (exact) mass is 328 g/mol. The van der Waals surface area contributed by atoms with Crippen LogP contribution in [0.25, 0.3) is 11.0 Å². The molecule has 1 amide bonds. The maximum Gasteiger partial charge on any atom is 0.221 e. The van der Waals surface area contributed by atoms with Crippen molar-refractivity contribution in [2.45, 2.75) is 52.0 Å². The summed E-state index contributed by atoms with van der Waals surface area (Å²) in [7, 11) is 0. The normalized spacial score (nSPS) is 17.1. The molecule has 2 N–H and O–H groups in total. The van der Waals surface area contributed by atoms with Crippen molar-refractivity contribution in [2.24, 2.45) is 0 Å². The number of hydrogen-bond acceptors (Lipinski definition) is 3. The number of likely N-dealkylation sites (tertiary alicyclic amines) is 1. The molecule has 0 spiro atoms. The molecule has 24 heavy (non-hydrogen) atoms. The quantitative estimate of drug-likeness (QED) is 0.855. The lowest BCUT2D eigenvalue weighted by Gasteiger charge is -2.26. The molecule has 130 valence electrons. The van der Waals surface area contributed by atoms with Gasteiger partial charge in [0, 0.05) is 13.0 Å². The van der Waals surface area contributed by atoms with Gasteiger partial charge in [0.05, 0.1) is 17.1 Å². The van der Waals surface area contributed by atoms with Crippen LogP contribution in [-0.2, 0) is 4.79 Å². The van der Waals surface area contributed by atoms with Gasteiger partial charge in [-0.05, 0) is 57.0 Å². The van der Waals surface area contributed by atoms with Crippen LogP contribution in [-0.4, -0.2) is 40.4 Å². The molecule has 1 aliphatic rings. The molecule has 5 nitrogen and oxygen atoms in total. The largest absolute Gasteiger partial charge is 0.346 e. The van der Waals surface area contributed by atoms with Crippen LogP contribution < -0.4 is 5.32 Å². The molecule has 2 heterocycles. The number of piperidine rings is 1. The zero-order valence-corrected chi connectivity index (χ0v) is 14.8. The first kappa shape index (κ1) is 17.0. The number of benzene rings is 1. The Hall–Kier alpha value is -1.88. The summed E-state index contributed by atoms with van der Waals surface area (Å²) < 4.78 is 0. The highest BCUT2D eigenvalue weighted by molar-refractivity contribution is 5.78. The Morgan fingerprint density at radius 2 is 2.12 bits per heavy atom. The van der Waals surface area contributed by atoms with Gasteiger partial charge in [0.15, 0.2) is 0 Å². The van der Waals surface area contributed by atoms with Gasteiger partial charge in [0.2, 0.25) is 5.91 Å². The van der Waals surface area contributed by atoms with E-state index >= 15 is 0 Å². The Bertz CT molecular complexity index is 688. The van der Waals surface area contributed by atoms with Crippen molar-refractivity contribution < 1.29 is 4.79 Å². The Kier molecular flexibility index (Phi) is 5.51. The molecule has 2 aromatic rings. The standard InChI is InChI=1S/C19H28N4O/c1-3-15(19-21-16-8-7-14(2)13-17(16)22-19)20-18(24)9-12-23-10-5-4-6-11-23/h7-8,13,15H,3-6,9-12H2,1-2H3,(H,20,24)(H,21,22). The van der Waals surface area contributed by atoms with E-state index in [2.05, 4.69) is 46.2 Å². The first-order valence-electron chi connectivity index (χ1n) is 9.13. The minimum Gasteiger partial charge on any atom is -0.346 e. The predicted molar refractivity (Wildman–Crippen MR) is 96.9 cm³/mol. The van der Waals surface area contributed by atoms with Gasteiger partial charge in [-0.25, -0.2) is 4.98 Å². The Labute approximate surface area is 143 Å². The second kappa shape index (κ2) is 7.79. The van der Waals surface area contributed by atoms with Crippen LogP contribution in [0.5, 0.6) is 0 Å². The number of amides is 1. The number of H-pyrrole nitrogens is 1. The summed E-state index contributed by atoms with van der Waals surface area (Å²) in [6.45, 7) is 7.27. The van der Waals surface area contributed by atoms with Gasteiger partial charge in [-0.3, -0.25) is 4.79 Å². The van der Waals surface area contributed by atoms with Crippen LogP contribution in [0.15, 0.2) is 18.2 Å². The average molecular weight is 328 g/mol.